The van der Waals surface area contributed by atoms with E-state index in [2.05, 4.69) is 0 Å². The van der Waals surface area contributed by atoms with Crippen LogP contribution in [-0.2, 0) is 16.8 Å². The van der Waals surface area contributed by atoms with Gasteiger partial charge in [-0.05, 0) is 25.8 Å². The molecule has 0 N–H and O–H groups in total. The van der Waals surface area contributed by atoms with Gasteiger partial charge in [0.15, 0.2) is 0 Å². The second kappa shape index (κ2) is 4.93. The van der Waals surface area contributed by atoms with Crippen molar-refractivity contribution in [3.8, 4) is 0 Å². The van der Waals surface area contributed by atoms with E-state index in [1.54, 1.807) is 6.92 Å². The second-order valence-electron chi connectivity index (χ2n) is 4.00. The Bertz CT molecular complexity index is 442. The molecule has 16 heavy (non-hydrogen) atoms. The predicted molar refractivity (Wildman–Crippen MR) is 62.1 cm³/mol. The highest BCUT2D eigenvalue weighted by Gasteiger charge is 2.22. The van der Waals surface area contributed by atoms with Crippen molar-refractivity contribution in [1.29, 1.82) is 0 Å². The van der Waals surface area contributed by atoms with Crippen LogP contribution in [0.25, 0.3) is 0 Å². The van der Waals surface area contributed by atoms with Crippen molar-refractivity contribution in [2.75, 3.05) is 7.05 Å². The van der Waals surface area contributed by atoms with Crippen LogP contribution in [0.3, 0.4) is 0 Å². The number of aryl methyl sites for hydroxylation is 1. The minimum atomic E-state index is -4.60. The highest BCUT2D eigenvalue weighted by atomic mass is 32.3. The summed E-state index contributed by atoms with van der Waals surface area (Å²) in [6, 6.07) is 7.35. The lowest BCUT2D eigenvalue weighted by molar-refractivity contribution is 0.364. The molecular weight excluding hydrogens is 229 g/mol. The third-order valence-corrected chi connectivity index (χ3v) is 3.66. The molecule has 1 unspecified atom stereocenters. The van der Waals surface area contributed by atoms with Crippen molar-refractivity contribution in [2.24, 2.45) is 0 Å². The first kappa shape index (κ1) is 13.1. The van der Waals surface area contributed by atoms with E-state index in [9.17, 15) is 12.3 Å². The lowest BCUT2D eigenvalue weighted by Crippen LogP contribution is -2.33. The first-order chi connectivity index (χ1) is 7.30. The molecule has 0 amide bonds. The Morgan fingerprint density at radius 1 is 1.31 bits per heavy atom. The molecule has 3 nitrogen and oxygen atoms in total. The molecule has 0 heterocycles. The Morgan fingerprint density at radius 2 is 1.81 bits per heavy atom. The van der Waals surface area contributed by atoms with E-state index >= 15 is 0 Å². The van der Waals surface area contributed by atoms with Gasteiger partial charge in [-0.2, -0.15) is 12.7 Å². The van der Waals surface area contributed by atoms with E-state index in [4.69, 9.17) is 0 Å². The molecular formula is C11H16FNO2S. The van der Waals surface area contributed by atoms with Gasteiger partial charge in [0.1, 0.15) is 0 Å². The maximum Gasteiger partial charge on any atom is 0.374 e. The number of nitrogens with zero attached hydrogens (tertiary/aromatic N) is 1. The molecule has 1 atom stereocenters. The number of rotatable bonds is 4. The van der Waals surface area contributed by atoms with Crippen molar-refractivity contribution in [3.05, 3.63) is 35.4 Å². The van der Waals surface area contributed by atoms with Crippen molar-refractivity contribution >= 4 is 10.4 Å². The van der Waals surface area contributed by atoms with E-state index in [1.165, 1.54) is 7.05 Å². The fourth-order valence-electron chi connectivity index (χ4n) is 1.41. The van der Waals surface area contributed by atoms with Crippen LogP contribution in [0.15, 0.2) is 24.3 Å². The standard InChI is InChI=1S/C11H16FNO2S/c1-9-4-6-11(7-5-9)8-10(2)13(3)16(12,14)15/h4-7,10H,8H2,1-3H3. The van der Waals surface area contributed by atoms with Gasteiger partial charge in [0.2, 0.25) is 0 Å². The van der Waals surface area contributed by atoms with Gasteiger partial charge < -0.3 is 0 Å². The summed E-state index contributed by atoms with van der Waals surface area (Å²) in [5.74, 6) is 0. The van der Waals surface area contributed by atoms with Gasteiger partial charge in [-0.15, -0.1) is 0 Å². The van der Waals surface area contributed by atoms with Gasteiger partial charge in [-0.1, -0.05) is 33.7 Å². The number of likely N-dealkylation sites (N-methyl/N-ethyl adjacent to an activating group) is 1. The molecule has 1 aromatic carbocycles. The summed E-state index contributed by atoms with van der Waals surface area (Å²) in [6.45, 7) is 3.66. The molecule has 0 radical (unpaired) electrons. The molecule has 1 rings (SSSR count). The Balaban J connectivity index is 2.71. The monoisotopic (exact) mass is 245 g/mol. The van der Waals surface area contributed by atoms with Gasteiger partial charge in [0, 0.05) is 13.1 Å². The van der Waals surface area contributed by atoms with Gasteiger partial charge in [-0.3, -0.25) is 0 Å². The number of hydrogen-bond donors (Lipinski definition) is 0. The summed E-state index contributed by atoms with van der Waals surface area (Å²) in [4.78, 5) is 0. The molecule has 0 fully saturated rings. The molecule has 0 aromatic heterocycles. The summed E-state index contributed by atoms with van der Waals surface area (Å²) >= 11 is 0. The zero-order chi connectivity index (χ0) is 12.3. The van der Waals surface area contributed by atoms with E-state index in [-0.39, 0.29) is 0 Å². The van der Waals surface area contributed by atoms with Gasteiger partial charge in [0.05, 0.1) is 0 Å². The van der Waals surface area contributed by atoms with Crippen molar-refractivity contribution in [1.82, 2.24) is 4.31 Å². The Morgan fingerprint density at radius 3 is 2.25 bits per heavy atom. The van der Waals surface area contributed by atoms with Gasteiger partial charge in [0.25, 0.3) is 0 Å². The molecule has 0 aliphatic carbocycles. The summed E-state index contributed by atoms with van der Waals surface area (Å²) in [5, 5.41) is 0. The van der Waals surface area contributed by atoms with E-state index in [1.807, 2.05) is 31.2 Å². The van der Waals surface area contributed by atoms with Gasteiger partial charge in [-0.25, -0.2) is 0 Å². The van der Waals surface area contributed by atoms with Crippen LogP contribution in [0.5, 0.6) is 0 Å². The molecule has 0 saturated heterocycles. The smallest absolute Gasteiger partial charge is 0.177 e. The van der Waals surface area contributed by atoms with E-state index < -0.39 is 16.5 Å². The Labute approximate surface area is 96.2 Å². The lowest BCUT2D eigenvalue weighted by Gasteiger charge is -2.19. The van der Waals surface area contributed by atoms with Crippen LogP contribution in [-0.4, -0.2) is 25.8 Å². The molecule has 0 spiro atoms. The number of halogens is 1. The summed E-state index contributed by atoms with van der Waals surface area (Å²) in [5.41, 5.74) is 2.14. The molecule has 0 aliphatic rings. The van der Waals surface area contributed by atoms with Crippen LogP contribution >= 0.6 is 0 Å². The molecule has 5 heteroatoms. The minimum absolute atomic E-state index is 0.391. The van der Waals surface area contributed by atoms with Crippen LogP contribution in [0, 0.1) is 6.92 Å². The normalized spacial score (nSPS) is 14.1. The fraction of sp³-hybridized carbons (Fsp3) is 0.455. The highest BCUT2D eigenvalue weighted by molar-refractivity contribution is 7.83. The van der Waals surface area contributed by atoms with Crippen molar-refractivity contribution < 1.29 is 12.3 Å². The van der Waals surface area contributed by atoms with Gasteiger partial charge >= 0.3 is 10.4 Å². The topological polar surface area (TPSA) is 37.4 Å². The highest BCUT2D eigenvalue weighted by Crippen LogP contribution is 2.12. The molecule has 0 aliphatic heterocycles. The number of benzene rings is 1. The first-order valence-corrected chi connectivity index (χ1v) is 6.38. The molecule has 1 aromatic rings. The molecule has 0 saturated carbocycles. The quantitative estimate of drug-likeness (QED) is 0.762. The summed E-state index contributed by atoms with van der Waals surface area (Å²) in [7, 11) is -3.35. The fourth-order valence-corrected chi connectivity index (χ4v) is 1.91. The largest absolute Gasteiger partial charge is 0.374 e. The molecule has 90 valence electrons. The maximum absolute atomic E-state index is 12.7. The van der Waals surface area contributed by atoms with Crippen molar-refractivity contribution in [2.45, 2.75) is 26.3 Å². The van der Waals surface area contributed by atoms with Crippen LogP contribution in [0.2, 0.25) is 0 Å². The maximum atomic E-state index is 12.7. The lowest BCUT2D eigenvalue weighted by atomic mass is 10.1. The zero-order valence-corrected chi connectivity index (χ0v) is 10.5. The minimum Gasteiger partial charge on any atom is -0.177 e. The van der Waals surface area contributed by atoms with Crippen molar-refractivity contribution in [3.63, 3.8) is 0 Å². The third-order valence-electron chi connectivity index (χ3n) is 2.62. The number of hydrogen-bond acceptors (Lipinski definition) is 2. The third kappa shape index (κ3) is 3.57. The zero-order valence-electron chi connectivity index (χ0n) is 9.64. The van der Waals surface area contributed by atoms with Crippen LogP contribution in [0.4, 0.5) is 3.89 Å². The van der Waals surface area contributed by atoms with E-state index in [0.29, 0.717) is 6.42 Å². The first-order valence-electron chi connectivity index (χ1n) is 5.04. The summed E-state index contributed by atoms with van der Waals surface area (Å²) in [6.07, 6.45) is 0.500. The van der Waals surface area contributed by atoms with Crippen LogP contribution in [0.1, 0.15) is 18.1 Å². The Hall–Kier alpha value is -0.940. The average Bonchev–Trinajstić information content (AvgIpc) is 2.19. The predicted octanol–water partition coefficient (Wildman–Crippen LogP) is 2.07. The second-order valence-corrected chi connectivity index (χ2v) is 5.40. The Kier molecular flexibility index (Phi) is 4.04. The SMILES string of the molecule is Cc1ccc(CC(C)N(C)S(=O)(=O)F)cc1. The summed E-state index contributed by atoms with van der Waals surface area (Å²) < 4.78 is 34.8. The average molecular weight is 245 g/mol. The van der Waals surface area contributed by atoms with Crippen LogP contribution < -0.4 is 0 Å². The van der Waals surface area contributed by atoms with E-state index in [0.717, 1.165) is 15.4 Å². The molecule has 0 bridgehead atoms.